The van der Waals surface area contributed by atoms with Crippen LogP contribution in [0.2, 0.25) is 0 Å². The lowest BCUT2D eigenvalue weighted by Gasteiger charge is -2.12. The highest BCUT2D eigenvalue weighted by molar-refractivity contribution is 7.89. The molecule has 0 spiro atoms. The number of hydrogen-bond acceptors (Lipinski definition) is 4. The topological polar surface area (TPSA) is 58.7 Å². The fourth-order valence-electron chi connectivity index (χ4n) is 3.60. The van der Waals surface area contributed by atoms with Crippen molar-refractivity contribution >= 4 is 15.9 Å². The number of ether oxygens (including phenoxy) is 1. The van der Waals surface area contributed by atoms with Crippen LogP contribution in [-0.4, -0.2) is 36.3 Å². The lowest BCUT2D eigenvalue weighted by Crippen LogP contribution is -2.29. The standard InChI is InChI=1S/C20H22N2O3S/c1-19(2)14-25-18(21-19)20(3)17(15-10-6-4-7-11-15)22(20)26(23,24)16-12-8-5-9-13-16/h4-13,17H,14H2,1-3H3/t17-,20-,22?/m0/s1. The first-order chi connectivity index (χ1) is 12.3. The Morgan fingerprint density at radius 1 is 1.00 bits per heavy atom. The number of rotatable bonds is 4. The van der Waals surface area contributed by atoms with E-state index >= 15 is 0 Å². The second-order valence-corrected chi connectivity index (χ2v) is 9.41. The fraction of sp³-hybridized carbons (Fsp3) is 0.350. The molecule has 1 unspecified atom stereocenters. The Morgan fingerprint density at radius 3 is 2.12 bits per heavy atom. The molecule has 0 aromatic heterocycles. The van der Waals surface area contributed by atoms with Gasteiger partial charge in [0.25, 0.3) is 0 Å². The number of benzene rings is 2. The van der Waals surface area contributed by atoms with Gasteiger partial charge in [0.15, 0.2) is 0 Å². The van der Waals surface area contributed by atoms with Gasteiger partial charge in [-0.2, -0.15) is 4.31 Å². The van der Waals surface area contributed by atoms with Gasteiger partial charge in [0.05, 0.1) is 16.5 Å². The minimum Gasteiger partial charge on any atom is -0.477 e. The normalized spacial score (nSPS) is 29.7. The Labute approximate surface area is 154 Å². The molecule has 0 amide bonds. The van der Waals surface area contributed by atoms with E-state index in [0.29, 0.717) is 12.5 Å². The number of sulfonamides is 1. The van der Waals surface area contributed by atoms with Gasteiger partial charge in [0.1, 0.15) is 12.1 Å². The van der Waals surface area contributed by atoms with E-state index < -0.39 is 15.6 Å². The van der Waals surface area contributed by atoms with Gasteiger partial charge in [-0.3, -0.25) is 0 Å². The van der Waals surface area contributed by atoms with Crippen LogP contribution >= 0.6 is 0 Å². The van der Waals surface area contributed by atoms with Crippen molar-refractivity contribution in [2.75, 3.05) is 6.61 Å². The van der Waals surface area contributed by atoms with Crippen LogP contribution in [0.25, 0.3) is 0 Å². The molecule has 0 aliphatic carbocycles. The molecule has 0 N–H and O–H groups in total. The molecule has 0 radical (unpaired) electrons. The van der Waals surface area contributed by atoms with Crippen LogP contribution in [0.5, 0.6) is 0 Å². The largest absolute Gasteiger partial charge is 0.477 e. The summed E-state index contributed by atoms with van der Waals surface area (Å²) in [6.45, 7) is 6.32. The first-order valence-electron chi connectivity index (χ1n) is 8.64. The molecule has 26 heavy (non-hydrogen) atoms. The molecule has 2 aliphatic heterocycles. The maximum absolute atomic E-state index is 13.3. The first kappa shape index (κ1) is 17.2. The summed E-state index contributed by atoms with van der Waals surface area (Å²) < 4.78 is 34.0. The number of hydrogen-bond donors (Lipinski definition) is 0. The molecular formula is C20H22N2O3S. The third-order valence-electron chi connectivity index (χ3n) is 4.97. The van der Waals surface area contributed by atoms with Crippen LogP contribution in [-0.2, 0) is 14.8 Å². The molecule has 1 fully saturated rings. The molecule has 2 aromatic rings. The Balaban J connectivity index is 1.82. The van der Waals surface area contributed by atoms with E-state index in [2.05, 4.69) is 4.99 Å². The van der Waals surface area contributed by atoms with E-state index in [1.165, 1.54) is 4.31 Å². The van der Waals surface area contributed by atoms with Gasteiger partial charge < -0.3 is 4.74 Å². The van der Waals surface area contributed by atoms with Crippen LogP contribution < -0.4 is 0 Å². The Kier molecular flexibility index (Phi) is 3.75. The zero-order valence-corrected chi connectivity index (χ0v) is 15.9. The van der Waals surface area contributed by atoms with E-state index in [1.54, 1.807) is 24.3 Å². The van der Waals surface area contributed by atoms with Crippen LogP contribution in [0.15, 0.2) is 70.6 Å². The summed E-state index contributed by atoms with van der Waals surface area (Å²) in [7, 11) is -3.67. The van der Waals surface area contributed by atoms with Gasteiger partial charge in [-0.1, -0.05) is 48.5 Å². The van der Waals surface area contributed by atoms with Crippen molar-refractivity contribution in [1.82, 2.24) is 4.31 Å². The van der Waals surface area contributed by atoms with Crippen molar-refractivity contribution in [2.45, 2.75) is 42.8 Å². The molecular weight excluding hydrogens is 348 g/mol. The van der Waals surface area contributed by atoms with Crippen molar-refractivity contribution in [3.05, 3.63) is 66.2 Å². The highest BCUT2D eigenvalue weighted by Gasteiger charge is 2.71. The predicted octanol–water partition coefficient (Wildman–Crippen LogP) is 3.40. The third-order valence-corrected chi connectivity index (χ3v) is 6.95. The van der Waals surface area contributed by atoms with E-state index in [-0.39, 0.29) is 16.5 Å². The van der Waals surface area contributed by atoms with E-state index in [9.17, 15) is 8.42 Å². The van der Waals surface area contributed by atoms with Crippen molar-refractivity contribution in [1.29, 1.82) is 0 Å². The second kappa shape index (κ2) is 5.66. The second-order valence-electron chi connectivity index (χ2n) is 7.59. The van der Waals surface area contributed by atoms with E-state index in [1.807, 2.05) is 57.2 Å². The van der Waals surface area contributed by atoms with Crippen LogP contribution in [0, 0.1) is 0 Å². The molecule has 0 saturated carbocycles. The molecule has 2 aliphatic rings. The smallest absolute Gasteiger partial charge is 0.244 e. The van der Waals surface area contributed by atoms with Crippen molar-refractivity contribution < 1.29 is 13.2 Å². The maximum Gasteiger partial charge on any atom is 0.244 e. The minimum atomic E-state index is -3.67. The first-order valence-corrected chi connectivity index (χ1v) is 10.1. The summed E-state index contributed by atoms with van der Waals surface area (Å²) in [4.78, 5) is 4.96. The third kappa shape index (κ3) is 2.56. The average molecular weight is 370 g/mol. The monoisotopic (exact) mass is 370 g/mol. The van der Waals surface area contributed by atoms with Gasteiger partial charge >= 0.3 is 0 Å². The van der Waals surface area contributed by atoms with Gasteiger partial charge in [0.2, 0.25) is 15.9 Å². The summed E-state index contributed by atoms with van der Waals surface area (Å²) in [5, 5.41) is 0. The van der Waals surface area contributed by atoms with Gasteiger partial charge in [0, 0.05) is 0 Å². The fourth-order valence-corrected chi connectivity index (χ4v) is 5.57. The van der Waals surface area contributed by atoms with E-state index in [0.717, 1.165) is 5.56 Å². The zero-order valence-electron chi connectivity index (χ0n) is 15.1. The zero-order chi connectivity index (χ0) is 18.6. The van der Waals surface area contributed by atoms with Crippen molar-refractivity contribution in [2.24, 2.45) is 4.99 Å². The molecule has 4 rings (SSSR count). The highest BCUT2D eigenvalue weighted by Crippen LogP contribution is 2.58. The Bertz CT molecular complexity index is 955. The van der Waals surface area contributed by atoms with Gasteiger partial charge in [-0.15, -0.1) is 0 Å². The quantitative estimate of drug-likeness (QED) is 0.775. The van der Waals surface area contributed by atoms with Crippen molar-refractivity contribution in [3.63, 3.8) is 0 Å². The lowest BCUT2D eigenvalue weighted by atomic mass is 10.0. The van der Waals surface area contributed by atoms with E-state index in [4.69, 9.17) is 4.74 Å². The maximum atomic E-state index is 13.3. The molecule has 5 nitrogen and oxygen atoms in total. The summed E-state index contributed by atoms with van der Waals surface area (Å²) in [6, 6.07) is 17.8. The Morgan fingerprint density at radius 2 is 1.58 bits per heavy atom. The van der Waals surface area contributed by atoms with Crippen LogP contribution in [0.4, 0.5) is 0 Å². The number of nitrogens with zero attached hydrogens (tertiary/aromatic N) is 2. The molecule has 0 bridgehead atoms. The van der Waals surface area contributed by atoms with Crippen LogP contribution in [0.1, 0.15) is 32.4 Å². The predicted molar refractivity (Wildman–Crippen MR) is 101 cm³/mol. The summed E-state index contributed by atoms with van der Waals surface area (Å²) in [6.07, 6.45) is 0. The molecule has 1 saturated heterocycles. The van der Waals surface area contributed by atoms with Gasteiger partial charge in [-0.25, -0.2) is 13.4 Å². The van der Waals surface area contributed by atoms with Crippen molar-refractivity contribution in [3.8, 4) is 0 Å². The van der Waals surface area contributed by atoms with Crippen LogP contribution in [0.3, 0.4) is 0 Å². The minimum absolute atomic E-state index is 0.280. The number of aliphatic imine (C=N–C) groups is 1. The summed E-state index contributed by atoms with van der Waals surface area (Å²) >= 11 is 0. The molecule has 6 heteroatoms. The summed E-state index contributed by atoms with van der Waals surface area (Å²) in [5.74, 6) is 0.496. The Hall–Kier alpha value is -2.18. The SMILES string of the molecule is CC1(C)COC([C@]2(C)[C@H](c3ccccc3)N2S(=O)(=O)c2ccccc2)=N1. The average Bonchev–Trinajstić information content (AvgIpc) is 3.12. The van der Waals surface area contributed by atoms with Gasteiger partial charge in [-0.05, 0) is 38.5 Å². The highest BCUT2D eigenvalue weighted by atomic mass is 32.2. The molecule has 2 heterocycles. The molecule has 3 atom stereocenters. The lowest BCUT2D eigenvalue weighted by molar-refractivity contribution is 0.267. The molecule has 2 aromatic carbocycles. The summed E-state index contributed by atoms with van der Waals surface area (Å²) in [5.41, 5.74) is -0.223. The molecule has 136 valence electrons.